The van der Waals surface area contributed by atoms with E-state index in [0.717, 1.165) is 89.4 Å². The van der Waals surface area contributed by atoms with Crippen molar-refractivity contribution in [2.45, 2.75) is 0 Å². The predicted octanol–water partition coefficient (Wildman–Crippen LogP) is 35.9. The van der Waals surface area contributed by atoms with Crippen molar-refractivity contribution in [2.75, 3.05) is 14.7 Å². The molecule has 0 aliphatic carbocycles. The minimum absolute atomic E-state index is 0.881. The van der Waals surface area contributed by atoms with Crippen molar-refractivity contribution in [3.05, 3.63) is 510 Å². The number of benzene rings is 21. The van der Waals surface area contributed by atoms with E-state index in [1.807, 2.05) is 35.6 Å². The Morgan fingerprint density at radius 3 is 0.926 bits per heavy atom. The van der Waals surface area contributed by atoms with Crippen LogP contribution in [0, 0.1) is 0 Å². The average molecular weight is 1750 g/mol. The molecule has 27 rings (SSSR count). The molecule has 9 heteroatoms. The van der Waals surface area contributed by atoms with Gasteiger partial charge in [-0.2, -0.15) is 0 Å². The second-order valence-corrected chi connectivity index (χ2v) is 35.2. The third kappa shape index (κ3) is 14.3. The molecule has 0 N–H and O–H groups in total. The van der Waals surface area contributed by atoms with Gasteiger partial charge in [0, 0.05) is 126 Å². The largest absolute Gasteiger partial charge is 0.456 e. The molecule has 0 fully saturated rings. The van der Waals surface area contributed by atoms with E-state index < -0.39 is 0 Å². The Hall–Kier alpha value is -17.8. The quantitative estimate of drug-likeness (QED) is 0.102. The highest BCUT2D eigenvalue weighted by Gasteiger charge is 2.25. The zero-order valence-corrected chi connectivity index (χ0v) is 74.2. The Kier molecular flexibility index (Phi) is 20.0. The summed E-state index contributed by atoms with van der Waals surface area (Å²) in [6, 6.07) is 182. The van der Waals surface area contributed by atoms with Crippen molar-refractivity contribution in [3.63, 3.8) is 0 Å². The standard InChI is InChI=1S/2C42H28N2O.C42H28N2S/c1-3-12-31(13-4-1)43(40-20-11-18-36-35-17-8-10-21-41(35)45-42(36)40)33-25-22-29(23-26-33)30-24-27-39-37(28-30)34-16-7-9-19-38(34)44(39)32-14-5-2-6-15-32;1-3-11-31(12-4-1)43(34-24-26-42-38(28-34)36-16-8-10-18-41(36)45-42)33-22-19-29(20-23-33)30-21-25-40-37(27-30)35-15-7-9-17-39(35)44(40)32-13-5-2-6-14-32;1-3-12-31(13-4-1)43(40-20-11-18-36-35-17-8-10-21-41(35)45-42(36)40)33-25-22-29(23-26-33)30-24-27-39-37(28-30)34-16-7-9-19-38(34)44(39)32-14-5-2-6-15-32/h3*1-28H. The van der Waals surface area contributed by atoms with Crippen LogP contribution in [0.5, 0.6) is 0 Å². The molecule has 0 radical (unpaired) electrons. The second-order valence-electron chi connectivity index (χ2n) is 34.2. The minimum atomic E-state index is 0.881. The van der Waals surface area contributed by atoms with Gasteiger partial charge in [0.15, 0.2) is 5.58 Å². The van der Waals surface area contributed by atoms with Crippen molar-refractivity contribution in [2.24, 2.45) is 0 Å². The van der Waals surface area contributed by atoms with Crippen molar-refractivity contribution >= 4 is 192 Å². The monoisotopic (exact) mass is 1740 g/mol. The number of hydrogen-bond donors (Lipinski definition) is 0. The number of nitrogens with zero attached hydrogens (tertiary/aromatic N) is 6. The van der Waals surface area contributed by atoms with Crippen LogP contribution in [-0.4, -0.2) is 13.7 Å². The molecule has 135 heavy (non-hydrogen) atoms. The number of hydrogen-bond acceptors (Lipinski definition) is 6. The number of rotatable bonds is 15. The summed E-state index contributed by atoms with van der Waals surface area (Å²) in [7, 11) is 0. The minimum Gasteiger partial charge on any atom is -0.456 e. The first-order valence-corrected chi connectivity index (χ1v) is 46.6. The summed E-state index contributed by atoms with van der Waals surface area (Å²) in [6.45, 7) is 0. The van der Waals surface area contributed by atoms with Gasteiger partial charge in [-0.15, -0.1) is 11.3 Å². The Balaban J connectivity index is 0.000000108. The fourth-order valence-corrected chi connectivity index (χ4v) is 21.3. The normalized spacial score (nSPS) is 11.6. The molecule has 6 aromatic heterocycles. The lowest BCUT2D eigenvalue weighted by Gasteiger charge is -2.26. The summed E-state index contributed by atoms with van der Waals surface area (Å²) >= 11 is 1.86. The van der Waals surface area contributed by atoms with E-state index in [1.54, 1.807) is 0 Å². The van der Waals surface area contributed by atoms with E-state index in [9.17, 15) is 0 Å². The third-order valence-electron chi connectivity index (χ3n) is 26.3. The van der Waals surface area contributed by atoms with Gasteiger partial charge in [0.05, 0.1) is 49.2 Å². The van der Waals surface area contributed by atoms with Crippen LogP contribution in [0.4, 0.5) is 51.2 Å². The molecule has 0 aliphatic rings. The maximum absolute atomic E-state index is 6.47. The van der Waals surface area contributed by atoms with Crippen molar-refractivity contribution < 1.29 is 8.83 Å². The van der Waals surface area contributed by atoms with Crippen LogP contribution in [0.3, 0.4) is 0 Å². The van der Waals surface area contributed by atoms with Crippen LogP contribution in [0.25, 0.3) is 180 Å². The molecular formula is C126H84N6O2S. The summed E-state index contributed by atoms with van der Waals surface area (Å²) < 4.78 is 22.3. The van der Waals surface area contributed by atoms with E-state index in [-0.39, 0.29) is 0 Å². The summed E-state index contributed by atoms with van der Waals surface area (Å²) in [6.07, 6.45) is 0. The number of furan rings is 2. The molecule has 27 aromatic rings. The highest BCUT2D eigenvalue weighted by atomic mass is 32.1. The molecule has 636 valence electrons. The molecule has 0 amide bonds. The molecule has 0 atom stereocenters. The maximum atomic E-state index is 6.47. The third-order valence-corrected chi connectivity index (χ3v) is 27.6. The number of aromatic nitrogens is 3. The molecule has 0 aliphatic heterocycles. The topological polar surface area (TPSA) is 50.8 Å². The first-order chi connectivity index (χ1) is 67.0. The van der Waals surface area contributed by atoms with E-state index in [2.05, 4.69) is 514 Å². The molecule has 0 bridgehead atoms. The number of fused-ring (bicyclic) bond motifs is 18. The summed E-state index contributed by atoms with van der Waals surface area (Å²) in [5, 5.41) is 14.6. The SMILES string of the molecule is c1ccc(N(c2ccc(-c3ccc4c(c3)c3ccccc3n4-c3ccccc3)cc2)c2ccc3oc4ccccc4c3c2)cc1.c1ccc(N(c2ccc(-c3ccc4c(c3)c3ccccc3n4-c3ccccc3)cc2)c2cccc3c2oc2ccccc23)cc1.c1ccc(N(c2ccc(-c3ccc4c(c3)c3ccccc3n4-c3ccccc3)cc2)c2cccc3c2sc2ccccc23)cc1. The predicted molar refractivity (Wildman–Crippen MR) is 570 cm³/mol. The molecule has 0 saturated heterocycles. The van der Waals surface area contributed by atoms with E-state index in [4.69, 9.17) is 8.83 Å². The smallest absolute Gasteiger partial charge is 0.159 e. The van der Waals surface area contributed by atoms with Gasteiger partial charge in [0.2, 0.25) is 0 Å². The fourth-order valence-electron chi connectivity index (χ4n) is 20.1. The zero-order valence-electron chi connectivity index (χ0n) is 73.4. The summed E-state index contributed by atoms with van der Waals surface area (Å²) in [5.74, 6) is 0. The van der Waals surface area contributed by atoms with Gasteiger partial charge in [-0.25, -0.2) is 0 Å². The molecule has 0 unspecified atom stereocenters. The number of thiophene rings is 1. The molecule has 8 nitrogen and oxygen atoms in total. The van der Waals surface area contributed by atoms with Crippen LogP contribution in [0.1, 0.15) is 0 Å². The molecule has 0 saturated carbocycles. The molecule has 0 spiro atoms. The fraction of sp³-hybridized carbons (Fsp3) is 0. The van der Waals surface area contributed by atoms with Gasteiger partial charge < -0.3 is 37.2 Å². The summed E-state index contributed by atoms with van der Waals surface area (Å²) in [4.78, 5) is 6.98. The van der Waals surface area contributed by atoms with Gasteiger partial charge in [0.25, 0.3) is 0 Å². The Morgan fingerprint density at radius 1 is 0.170 bits per heavy atom. The first-order valence-electron chi connectivity index (χ1n) is 45.8. The van der Waals surface area contributed by atoms with Crippen LogP contribution >= 0.6 is 11.3 Å². The van der Waals surface area contributed by atoms with Crippen LogP contribution in [0.2, 0.25) is 0 Å². The highest BCUT2D eigenvalue weighted by Crippen LogP contribution is 2.49. The van der Waals surface area contributed by atoms with Crippen molar-refractivity contribution in [3.8, 4) is 50.4 Å². The lowest BCUT2D eigenvalue weighted by Crippen LogP contribution is -2.10. The van der Waals surface area contributed by atoms with Crippen molar-refractivity contribution in [1.29, 1.82) is 0 Å². The zero-order chi connectivity index (χ0) is 89.2. The van der Waals surface area contributed by atoms with Gasteiger partial charge in [-0.3, -0.25) is 0 Å². The lowest BCUT2D eigenvalue weighted by molar-refractivity contribution is 0.668. The van der Waals surface area contributed by atoms with Gasteiger partial charge in [-0.1, -0.05) is 297 Å². The highest BCUT2D eigenvalue weighted by molar-refractivity contribution is 7.26. The van der Waals surface area contributed by atoms with E-state index >= 15 is 0 Å². The maximum Gasteiger partial charge on any atom is 0.159 e. The van der Waals surface area contributed by atoms with Crippen molar-refractivity contribution in [1.82, 2.24) is 13.7 Å². The summed E-state index contributed by atoms with van der Waals surface area (Å²) in [5.41, 5.74) is 31.4. The Labute approximate surface area is 783 Å². The first kappa shape index (κ1) is 79.4. The van der Waals surface area contributed by atoms with Crippen LogP contribution < -0.4 is 14.7 Å². The Morgan fingerprint density at radius 2 is 0.474 bits per heavy atom. The van der Waals surface area contributed by atoms with Crippen LogP contribution in [-0.2, 0) is 0 Å². The number of anilines is 9. The molecule has 21 aromatic carbocycles. The number of para-hydroxylation sites is 12. The molecule has 6 heterocycles. The molecular weight excluding hydrogens is 1660 g/mol. The van der Waals surface area contributed by atoms with E-state index in [0.29, 0.717) is 0 Å². The van der Waals surface area contributed by atoms with Gasteiger partial charge >= 0.3 is 0 Å². The average Bonchev–Trinajstić information content (AvgIpc) is 1.58. The van der Waals surface area contributed by atoms with E-state index in [1.165, 1.54) is 142 Å². The lowest BCUT2D eigenvalue weighted by atomic mass is 10.0. The Bertz CT molecular complexity index is 8730. The van der Waals surface area contributed by atoms with Crippen LogP contribution in [0.15, 0.2) is 518 Å². The van der Waals surface area contributed by atoms with Gasteiger partial charge in [0.1, 0.15) is 16.7 Å². The second kappa shape index (κ2) is 33.9. The van der Waals surface area contributed by atoms with Gasteiger partial charge in [-0.05, 0) is 246 Å².